The van der Waals surface area contributed by atoms with Crippen molar-refractivity contribution in [2.75, 3.05) is 44.2 Å². The Bertz CT molecular complexity index is 528. The predicted molar refractivity (Wildman–Crippen MR) is 83.2 cm³/mol. The van der Waals surface area contributed by atoms with Gasteiger partial charge >= 0.3 is 0 Å². The molecule has 1 atom stereocenters. The number of anilines is 1. The van der Waals surface area contributed by atoms with Crippen molar-refractivity contribution in [2.24, 2.45) is 0 Å². The van der Waals surface area contributed by atoms with Gasteiger partial charge in [-0.15, -0.1) is 0 Å². The lowest BCUT2D eigenvalue weighted by atomic mass is 10.1. The van der Waals surface area contributed by atoms with E-state index >= 15 is 0 Å². The van der Waals surface area contributed by atoms with Gasteiger partial charge in [-0.2, -0.15) is 0 Å². The van der Waals surface area contributed by atoms with E-state index in [9.17, 15) is 4.79 Å². The van der Waals surface area contributed by atoms with Gasteiger partial charge in [0.2, 0.25) is 0 Å². The fourth-order valence-corrected chi connectivity index (χ4v) is 3.11. The van der Waals surface area contributed by atoms with E-state index in [1.807, 2.05) is 23.1 Å². The first-order valence-corrected chi connectivity index (χ1v) is 7.78. The molecule has 0 aromatic heterocycles. The van der Waals surface area contributed by atoms with Crippen molar-refractivity contribution in [3.8, 4) is 5.75 Å². The maximum atomic E-state index is 12.7. The molecule has 1 saturated heterocycles. The highest BCUT2D eigenvalue weighted by atomic mass is 16.5. The van der Waals surface area contributed by atoms with Gasteiger partial charge in [0, 0.05) is 44.5 Å². The molecular formula is C16H23N3O2. The molecule has 1 N–H and O–H groups in total. The first-order chi connectivity index (χ1) is 10.2. The van der Waals surface area contributed by atoms with Crippen LogP contribution < -0.4 is 15.0 Å². The quantitative estimate of drug-likeness (QED) is 0.912. The van der Waals surface area contributed by atoms with Crippen molar-refractivity contribution in [2.45, 2.75) is 19.9 Å². The number of carbonyl (C=O) groups excluding carboxylic acids is 1. The SMILES string of the molecule is CCN(CC)c1ccc2c(c1)OCC1CNCCN1C2=O. The van der Waals surface area contributed by atoms with Crippen LogP contribution in [0.15, 0.2) is 18.2 Å². The summed E-state index contributed by atoms with van der Waals surface area (Å²) in [6.45, 7) is 9.14. The standard InChI is InChI=1S/C16H23N3O2/c1-3-18(4-2)12-5-6-14-15(9-12)21-11-13-10-17-7-8-19(13)16(14)20/h5-6,9,13,17H,3-4,7-8,10-11H2,1-2H3. The molecule has 5 heteroatoms. The second-order valence-corrected chi connectivity index (χ2v) is 5.52. The summed E-state index contributed by atoms with van der Waals surface area (Å²) >= 11 is 0. The van der Waals surface area contributed by atoms with E-state index in [-0.39, 0.29) is 11.9 Å². The molecule has 0 saturated carbocycles. The molecule has 2 aliphatic heterocycles. The highest BCUT2D eigenvalue weighted by Crippen LogP contribution is 2.30. The molecule has 21 heavy (non-hydrogen) atoms. The highest BCUT2D eigenvalue weighted by Gasteiger charge is 2.32. The number of fused-ring (bicyclic) bond motifs is 2. The van der Waals surface area contributed by atoms with Gasteiger partial charge in [0.15, 0.2) is 0 Å². The molecule has 2 heterocycles. The Morgan fingerprint density at radius 1 is 1.38 bits per heavy atom. The van der Waals surface area contributed by atoms with Gasteiger partial charge in [-0.3, -0.25) is 4.79 Å². The van der Waals surface area contributed by atoms with Crippen molar-refractivity contribution >= 4 is 11.6 Å². The number of rotatable bonds is 3. The van der Waals surface area contributed by atoms with Crippen LogP contribution in [0.25, 0.3) is 0 Å². The van der Waals surface area contributed by atoms with Gasteiger partial charge in [-0.25, -0.2) is 0 Å². The van der Waals surface area contributed by atoms with Crippen LogP contribution in [0.5, 0.6) is 5.75 Å². The molecule has 0 bridgehead atoms. The van der Waals surface area contributed by atoms with Crippen molar-refractivity contribution in [1.82, 2.24) is 10.2 Å². The first-order valence-electron chi connectivity index (χ1n) is 7.78. The van der Waals surface area contributed by atoms with Crippen LogP contribution in [0.3, 0.4) is 0 Å². The largest absolute Gasteiger partial charge is 0.490 e. The molecule has 3 rings (SSSR count). The topological polar surface area (TPSA) is 44.8 Å². The molecule has 0 aliphatic carbocycles. The second kappa shape index (κ2) is 5.93. The number of hydrogen-bond acceptors (Lipinski definition) is 4. The van der Waals surface area contributed by atoms with Gasteiger partial charge < -0.3 is 19.9 Å². The maximum Gasteiger partial charge on any atom is 0.258 e. The Balaban J connectivity index is 1.93. The fourth-order valence-electron chi connectivity index (χ4n) is 3.11. The Kier molecular flexibility index (Phi) is 4.01. The average molecular weight is 289 g/mol. The minimum absolute atomic E-state index is 0.0973. The van der Waals surface area contributed by atoms with E-state index in [0.29, 0.717) is 12.2 Å². The van der Waals surface area contributed by atoms with Gasteiger partial charge in [-0.1, -0.05) is 0 Å². The van der Waals surface area contributed by atoms with Crippen LogP contribution in [-0.2, 0) is 0 Å². The maximum absolute atomic E-state index is 12.7. The normalized spacial score (nSPS) is 21.1. The molecule has 1 fully saturated rings. The number of nitrogens with zero attached hydrogens (tertiary/aromatic N) is 2. The molecule has 1 aromatic carbocycles. The second-order valence-electron chi connectivity index (χ2n) is 5.52. The highest BCUT2D eigenvalue weighted by molar-refractivity contribution is 5.98. The molecule has 1 aromatic rings. The Labute approximate surface area is 125 Å². The predicted octanol–water partition coefficient (Wildman–Crippen LogP) is 1.34. The van der Waals surface area contributed by atoms with E-state index in [1.54, 1.807) is 0 Å². The zero-order valence-electron chi connectivity index (χ0n) is 12.8. The number of hydrogen-bond donors (Lipinski definition) is 1. The Morgan fingerprint density at radius 3 is 2.95 bits per heavy atom. The number of ether oxygens (including phenoxy) is 1. The monoisotopic (exact) mass is 289 g/mol. The molecule has 0 spiro atoms. The van der Waals surface area contributed by atoms with E-state index in [2.05, 4.69) is 24.1 Å². The third kappa shape index (κ3) is 2.58. The molecule has 0 radical (unpaired) electrons. The van der Waals surface area contributed by atoms with Gasteiger partial charge in [-0.05, 0) is 26.0 Å². The smallest absolute Gasteiger partial charge is 0.258 e. The Morgan fingerprint density at radius 2 is 2.19 bits per heavy atom. The van der Waals surface area contributed by atoms with Crippen molar-refractivity contribution < 1.29 is 9.53 Å². The van der Waals surface area contributed by atoms with Gasteiger partial charge in [0.1, 0.15) is 12.4 Å². The minimum Gasteiger partial charge on any atom is -0.490 e. The number of carbonyl (C=O) groups is 1. The van der Waals surface area contributed by atoms with Crippen LogP contribution in [0.2, 0.25) is 0 Å². The van der Waals surface area contributed by atoms with Gasteiger partial charge in [0.25, 0.3) is 5.91 Å². The number of benzene rings is 1. The van der Waals surface area contributed by atoms with E-state index < -0.39 is 0 Å². The van der Waals surface area contributed by atoms with E-state index in [0.717, 1.165) is 44.2 Å². The summed E-state index contributed by atoms with van der Waals surface area (Å²) in [5, 5.41) is 3.32. The number of nitrogens with one attached hydrogen (secondary N) is 1. The zero-order chi connectivity index (χ0) is 14.8. The summed E-state index contributed by atoms with van der Waals surface area (Å²) in [5.41, 5.74) is 1.81. The van der Waals surface area contributed by atoms with E-state index in [1.165, 1.54) is 0 Å². The summed E-state index contributed by atoms with van der Waals surface area (Å²) in [6.07, 6.45) is 0. The third-order valence-corrected chi connectivity index (χ3v) is 4.37. The minimum atomic E-state index is 0.0973. The lowest BCUT2D eigenvalue weighted by Crippen LogP contribution is -2.54. The Hall–Kier alpha value is -1.75. The van der Waals surface area contributed by atoms with Crippen LogP contribution in [0.4, 0.5) is 5.69 Å². The molecule has 114 valence electrons. The van der Waals surface area contributed by atoms with Crippen LogP contribution >= 0.6 is 0 Å². The summed E-state index contributed by atoms with van der Waals surface area (Å²) in [4.78, 5) is 16.9. The summed E-state index contributed by atoms with van der Waals surface area (Å²) in [7, 11) is 0. The third-order valence-electron chi connectivity index (χ3n) is 4.37. The molecule has 2 aliphatic rings. The van der Waals surface area contributed by atoms with Gasteiger partial charge in [0.05, 0.1) is 11.6 Å². The summed E-state index contributed by atoms with van der Waals surface area (Å²) in [6, 6.07) is 6.08. The van der Waals surface area contributed by atoms with Crippen LogP contribution in [0.1, 0.15) is 24.2 Å². The fraction of sp³-hybridized carbons (Fsp3) is 0.562. The number of amides is 1. The zero-order valence-corrected chi connectivity index (χ0v) is 12.8. The lowest BCUT2D eigenvalue weighted by Gasteiger charge is -2.33. The number of piperazine rings is 1. The van der Waals surface area contributed by atoms with Crippen LogP contribution in [0, 0.1) is 0 Å². The molecule has 1 unspecified atom stereocenters. The van der Waals surface area contributed by atoms with Crippen molar-refractivity contribution in [3.63, 3.8) is 0 Å². The first kappa shape index (κ1) is 14.2. The van der Waals surface area contributed by atoms with Crippen molar-refractivity contribution in [3.05, 3.63) is 23.8 Å². The lowest BCUT2D eigenvalue weighted by molar-refractivity contribution is 0.0606. The van der Waals surface area contributed by atoms with Crippen molar-refractivity contribution in [1.29, 1.82) is 0 Å². The van der Waals surface area contributed by atoms with Crippen LogP contribution in [-0.4, -0.2) is 56.2 Å². The molecular weight excluding hydrogens is 266 g/mol. The summed E-state index contributed by atoms with van der Waals surface area (Å²) < 4.78 is 5.94. The molecule has 5 nitrogen and oxygen atoms in total. The van der Waals surface area contributed by atoms with E-state index in [4.69, 9.17) is 4.74 Å². The summed E-state index contributed by atoms with van der Waals surface area (Å²) in [5.74, 6) is 0.818. The molecule has 1 amide bonds. The average Bonchev–Trinajstić information content (AvgIpc) is 2.67.